The minimum Gasteiger partial charge on any atom is -0.500 e. The van der Waals surface area contributed by atoms with E-state index in [9.17, 15) is 8.60 Å². The molecule has 0 radical (unpaired) electrons. The van der Waals surface area contributed by atoms with Gasteiger partial charge in [0.25, 0.3) is 0 Å². The molecule has 1 aromatic rings. The van der Waals surface area contributed by atoms with Crippen molar-refractivity contribution in [1.82, 2.24) is 10.2 Å². The van der Waals surface area contributed by atoms with Crippen molar-refractivity contribution in [3.8, 4) is 0 Å². The molecule has 10 heteroatoms. The standard InChI is InChI=1S/C29H31ClF2N4O2S/c1-7-15-33-20(4)19(3)25-17-34-24(18-36(25)8-2)28-22(32)13-14-23(29(28)30)35-39(6,37)27-16-21(31)11-9-10-12-26(27)38-5/h7-9,11,13-18,33H,2,4,6,10,12H2,1,3,5H3,(H,35,37)/b11-9?,15-7-,21-16+,25-19+,27-26-. The molecule has 0 amide bonds. The van der Waals surface area contributed by atoms with Gasteiger partial charge in [-0.3, -0.25) is 4.99 Å². The number of nitrogens with zero attached hydrogens (tertiary/aromatic N) is 2. The molecule has 6 nitrogen and oxygen atoms in total. The Labute approximate surface area is 233 Å². The van der Waals surface area contributed by atoms with Crippen LogP contribution in [0.4, 0.5) is 14.5 Å². The van der Waals surface area contributed by atoms with Gasteiger partial charge < -0.3 is 19.7 Å². The van der Waals surface area contributed by atoms with Gasteiger partial charge in [0.2, 0.25) is 0 Å². The van der Waals surface area contributed by atoms with Crippen molar-refractivity contribution in [2.45, 2.75) is 26.7 Å². The molecule has 1 aliphatic carbocycles. The molecule has 1 atom stereocenters. The number of aliphatic imine (C=N–C) groups is 1. The van der Waals surface area contributed by atoms with Gasteiger partial charge in [0.15, 0.2) is 0 Å². The zero-order valence-corrected chi connectivity index (χ0v) is 23.6. The number of hydrogen-bond donors (Lipinski definition) is 2. The summed E-state index contributed by atoms with van der Waals surface area (Å²) in [5.74, 6) is 2.87. The molecule has 0 fully saturated rings. The normalized spacial score (nSPS) is 21.7. The SMILES string of the molecule is C=CN1C=C(c2c(F)ccc(NS(=C)(=O)C3=C(\OC)CCC=C/C(F)=C\3)c2Cl)N=C/C1=C(/C)C(=C)N/C=C\C. The second-order valence-corrected chi connectivity index (χ2v) is 10.9. The average Bonchev–Trinajstić information content (AvgIpc) is 2.90. The molecule has 1 aliphatic heterocycles. The molecule has 0 bridgehead atoms. The largest absolute Gasteiger partial charge is 0.500 e. The molecule has 2 N–H and O–H groups in total. The van der Waals surface area contributed by atoms with Crippen molar-refractivity contribution in [2.24, 2.45) is 4.99 Å². The Balaban J connectivity index is 2.03. The van der Waals surface area contributed by atoms with Gasteiger partial charge in [-0.1, -0.05) is 36.9 Å². The fourth-order valence-electron chi connectivity index (χ4n) is 3.82. The summed E-state index contributed by atoms with van der Waals surface area (Å²) >= 11 is 6.64. The number of rotatable bonds is 9. The lowest BCUT2D eigenvalue weighted by Crippen LogP contribution is -2.19. The molecule has 1 heterocycles. The second-order valence-electron chi connectivity index (χ2n) is 8.52. The lowest BCUT2D eigenvalue weighted by Gasteiger charge is -2.25. The van der Waals surface area contributed by atoms with E-state index >= 15 is 4.39 Å². The molecule has 0 saturated carbocycles. The van der Waals surface area contributed by atoms with Crippen molar-refractivity contribution in [1.29, 1.82) is 0 Å². The molecule has 206 valence electrons. The van der Waals surface area contributed by atoms with E-state index in [1.165, 1.54) is 25.3 Å². The van der Waals surface area contributed by atoms with Crippen LogP contribution < -0.4 is 10.0 Å². The van der Waals surface area contributed by atoms with Gasteiger partial charge >= 0.3 is 0 Å². The van der Waals surface area contributed by atoms with Gasteiger partial charge in [-0.25, -0.2) is 13.0 Å². The smallest absolute Gasteiger partial charge is 0.134 e. The number of halogens is 3. The number of ether oxygens (including phenoxy) is 1. The summed E-state index contributed by atoms with van der Waals surface area (Å²) in [7, 11) is -1.96. The highest BCUT2D eigenvalue weighted by molar-refractivity contribution is 8.05. The Kier molecular flexibility index (Phi) is 9.77. The van der Waals surface area contributed by atoms with Crippen LogP contribution in [0, 0.1) is 5.82 Å². The number of methoxy groups -OCH3 is 1. The van der Waals surface area contributed by atoms with E-state index in [1.807, 2.05) is 19.9 Å². The van der Waals surface area contributed by atoms with Gasteiger partial charge in [0, 0.05) is 24.5 Å². The second kappa shape index (κ2) is 12.8. The third-order valence-corrected chi connectivity index (χ3v) is 7.90. The lowest BCUT2D eigenvalue weighted by atomic mass is 10.1. The lowest BCUT2D eigenvalue weighted by molar-refractivity contribution is 0.276. The summed E-state index contributed by atoms with van der Waals surface area (Å²) in [6.45, 7) is 11.6. The number of benzene rings is 1. The van der Waals surface area contributed by atoms with E-state index in [0.29, 0.717) is 30.0 Å². The van der Waals surface area contributed by atoms with E-state index in [4.69, 9.17) is 16.3 Å². The van der Waals surface area contributed by atoms with Crippen LogP contribution in [0.5, 0.6) is 0 Å². The molecule has 0 aromatic heterocycles. The molecule has 1 unspecified atom stereocenters. The van der Waals surface area contributed by atoms with Gasteiger partial charge in [-0.15, -0.1) is 0 Å². The van der Waals surface area contributed by atoms with Crippen molar-refractivity contribution >= 4 is 44.8 Å². The highest BCUT2D eigenvalue weighted by atomic mass is 35.5. The number of hydrogen-bond acceptors (Lipinski definition) is 5. The quantitative estimate of drug-likeness (QED) is 0.304. The number of nitrogens with one attached hydrogen (secondary N) is 2. The van der Waals surface area contributed by atoms with Crippen LogP contribution in [0.2, 0.25) is 5.02 Å². The molecule has 3 rings (SSSR count). The van der Waals surface area contributed by atoms with Gasteiger partial charge in [0.05, 0.1) is 55.6 Å². The summed E-state index contributed by atoms with van der Waals surface area (Å²) in [5.41, 5.74) is 2.43. The topological polar surface area (TPSA) is 66.0 Å². The third-order valence-electron chi connectivity index (χ3n) is 5.91. The van der Waals surface area contributed by atoms with Crippen molar-refractivity contribution < 1.29 is 17.7 Å². The zero-order valence-electron chi connectivity index (χ0n) is 22.1. The maximum atomic E-state index is 15.1. The van der Waals surface area contributed by atoms with Gasteiger partial charge in [-0.05, 0) is 62.2 Å². The Morgan fingerprint density at radius 1 is 1.33 bits per heavy atom. The molecule has 39 heavy (non-hydrogen) atoms. The van der Waals surface area contributed by atoms with Gasteiger partial charge in [0.1, 0.15) is 17.4 Å². The monoisotopic (exact) mass is 572 g/mol. The Hall–Kier alpha value is -3.82. The maximum Gasteiger partial charge on any atom is 0.134 e. The van der Waals surface area contributed by atoms with Crippen LogP contribution >= 0.6 is 11.6 Å². The van der Waals surface area contributed by atoms with Gasteiger partial charge in [-0.2, -0.15) is 0 Å². The van der Waals surface area contributed by atoms with Crippen LogP contribution in [0.25, 0.3) is 5.70 Å². The van der Waals surface area contributed by atoms with Crippen molar-refractivity contribution in [2.75, 3.05) is 11.8 Å². The summed E-state index contributed by atoms with van der Waals surface area (Å²) in [6, 6.07) is 2.52. The highest BCUT2D eigenvalue weighted by Crippen LogP contribution is 2.37. The van der Waals surface area contributed by atoms with E-state index < -0.39 is 21.4 Å². The zero-order chi connectivity index (χ0) is 28.7. The molecule has 2 aliphatic rings. The Bertz CT molecular complexity index is 1500. The molecule has 0 saturated heterocycles. The first-order valence-electron chi connectivity index (χ1n) is 11.9. The average molecular weight is 573 g/mol. The van der Waals surface area contributed by atoms with E-state index in [2.05, 4.69) is 34.1 Å². The fraction of sp³-hybridized carbons (Fsp3) is 0.172. The predicted molar refractivity (Wildman–Crippen MR) is 160 cm³/mol. The molecular weight excluding hydrogens is 542 g/mol. The predicted octanol–water partition coefficient (Wildman–Crippen LogP) is 7.32. The first-order valence-corrected chi connectivity index (χ1v) is 14.0. The van der Waals surface area contributed by atoms with Crippen molar-refractivity contribution in [3.05, 3.63) is 118 Å². The molecular formula is C29H31ClF2N4O2S. The Morgan fingerprint density at radius 2 is 2.08 bits per heavy atom. The summed E-state index contributed by atoms with van der Waals surface area (Å²) in [5, 5.41) is 2.99. The minimum absolute atomic E-state index is 0.0224. The summed E-state index contributed by atoms with van der Waals surface area (Å²) in [6.07, 6.45) is 13.2. The summed E-state index contributed by atoms with van der Waals surface area (Å²) < 4.78 is 51.4. The first-order chi connectivity index (χ1) is 18.5. The van der Waals surface area contributed by atoms with E-state index in [1.54, 1.807) is 35.8 Å². The first kappa shape index (κ1) is 29.7. The van der Waals surface area contributed by atoms with Crippen LogP contribution in [0.1, 0.15) is 32.3 Å². The maximum absolute atomic E-state index is 15.1. The van der Waals surface area contributed by atoms with Crippen LogP contribution in [0.3, 0.4) is 0 Å². The highest BCUT2D eigenvalue weighted by Gasteiger charge is 2.24. The number of allylic oxidation sites excluding steroid dienone is 8. The number of anilines is 1. The van der Waals surface area contributed by atoms with Crippen molar-refractivity contribution in [3.63, 3.8) is 0 Å². The fourth-order valence-corrected chi connectivity index (χ4v) is 5.66. The minimum atomic E-state index is -3.37. The van der Waals surface area contributed by atoms with E-state index in [-0.39, 0.29) is 26.9 Å². The summed E-state index contributed by atoms with van der Waals surface area (Å²) in [4.78, 5) is 6.16. The van der Waals surface area contributed by atoms with Crippen LogP contribution in [-0.2, 0) is 14.4 Å². The molecule has 1 aromatic carbocycles. The van der Waals surface area contributed by atoms with Crippen LogP contribution in [0.15, 0.2) is 107 Å². The van der Waals surface area contributed by atoms with E-state index in [0.717, 1.165) is 11.6 Å². The molecule has 0 spiro atoms. The Morgan fingerprint density at radius 3 is 2.74 bits per heavy atom. The van der Waals surface area contributed by atoms with Crippen LogP contribution in [-0.4, -0.2) is 28.3 Å². The third kappa shape index (κ3) is 6.79.